The van der Waals surface area contributed by atoms with Gasteiger partial charge in [0.2, 0.25) is 11.8 Å². The molecule has 2 unspecified atom stereocenters. The third-order valence-corrected chi connectivity index (χ3v) is 3.76. The summed E-state index contributed by atoms with van der Waals surface area (Å²) >= 11 is 0. The number of hydrogen-bond donors (Lipinski definition) is 2. The van der Waals surface area contributed by atoms with E-state index in [0.717, 1.165) is 19.3 Å². The number of nitrogens with zero attached hydrogens (tertiary/aromatic N) is 2. The van der Waals surface area contributed by atoms with Crippen molar-refractivity contribution in [2.24, 2.45) is 17.6 Å². The molecule has 1 aromatic heterocycles. The van der Waals surface area contributed by atoms with E-state index in [0.29, 0.717) is 37.1 Å². The number of hydrogen-bond acceptors (Lipinski definition) is 5. The van der Waals surface area contributed by atoms with Crippen LogP contribution in [0, 0.1) is 18.8 Å². The molecule has 1 aliphatic rings. The molecular formula is C13H22N4O2. The largest absolute Gasteiger partial charge is 0.355 e. The maximum Gasteiger partial charge on any atom is 0.228 e. The first-order valence-electron chi connectivity index (χ1n) is 6.97. The number of rotatable bonds is 5. The minimum absolute atomic E-state index is 0.0724. The first-order valence-corrected chi connectivity index (χ1v) is 6.97. The topological polar surface area (TPSA) is 94.0 Å². The molecule has 0 radical (unpaired) electrons. The molecule has 2 rings (SSSR count). The van der Waals surface area contributed by atoms with Gasteiger partial charge in [-0.05, 0) is 32.2 Å². The van der Waals surface area contributed by atoms with Crippen LogP contribution < -0.4 is 11.1 Å². The van der Waals surface area contributed by atoms with Gasteiger partial charge >= 0.3 is 0 Å². The molecule has 0 saturated heterocycles. The third-order valence-electron chi connectivity index (χ3n) is 3.76. The first-order chi connectivity index (χ1) is 9.20. The summed E-state index contributed by atoms with van der Waals surface area (Å²) in [6, 6.07) is 0. The number of carbonyl (C=O) groups is 1. The van der Waals surface area contributed by atoms with E-state index >= 15 is 0 Å². The van der Waals surface area contributed by atoms with Gasteiger partial charge in [-0.2, -0.15) is 4.98 Å². The maximum atomic E-state index is 12.1. The molecule has 0 aliphatic heterocycles. The third kappa shape index (κ3) is 3.76. The Morgan fingerprint density at radius 2 is 2.26 bits per heavy atom. The summed E-state index contributed by atoms with van der Waals surface area (Å²) in [6.07, 6.45) is 4.90. The van der Waals surface area contributed by atoms with Crippen molar-refractivity contribution >= 4 is 5.91 Å². The highest BCUT2D eigenvalue weighted by atomic mass is 16.5. The summed E-state index contributed by atoms with van der Waals surface area (Å²) in [5.41, 5.74) is 5.74. The second kappa shape index (κ2) is 6.65. The van der Waals surface area contributed by atoms with Crippen molar-refractivity contribution in [3.8, 4) is 0 Å². The van der Waals surface area contributed by atoms with E-state index in [9.17, 15) is 4.79 Å². The molecule has 19 heavy (non-hydrogen) atoms. The second-order valence-corrected chi connectivity index (χ2v) is 5.16. The van der Waals surface area contributed by atoms with Crippen LogP contribution in [0.25, 0.3) is 0 Å². The van der Waals surface area contributed by atoms with Crippen LogP contribution in [0.2, 0.25) is 0 Å². The zero-order chi connectivity index (χ0) is 13.7. The predicted octanol–water partition coefficient (Wildman–Crippen LogP) is 0.802. The molecule has 1 aliphatic carbocycles. The number of aromatic nitrogens is 2. The fourth-order valence-corrected chi connectivity index (χ4v) is 2.70. The summed E-state index contributed by atoms with van der Waals surface area (Å²) in [7, 11) is 0. The average Bonchev–Trinajstić information content (AvgIpc) is 2.84. The van der Waals surface area contributed by atoms with Gasteiger partial charge in [-0.15, -0.1) is 0 Å². The molecule has 2 atom stereocenters. The molecule has 1 aromatic rings. The highest BCUT2D eigenvalue weighted by Crippen LogP contribution is 2.29. The van der Waals surface area contributed by atoms with E-state index in [-0.39, 0.29) is 11.8 Å². The van der Waals surface area contributed by atoms with Crippen LogP contribution in [-0.4, -0.2) is 29.1 Å². The van der Waals surface area contributed by atoms with Gasteiger partial charge in [0.25, 0.3) is 0 Å². The minimum Gasteiger partial charge on any atom is -0.355 e. The molecule has 1 saturated carbocycles. The van der Waals surface area contributed by atoms with E-state index in [4.69, 9.17) is 10.3 Å². The molecule has 6 nitrogen and oxygen atoms in total. The van der Waals surface area contributed by atoms with Gasteiger partial charge in [-0.3, -0.25) is 4.79 Å². The van der Waals surface area contributed by atoms with E-state index in [1.807, 2.05) is 0 Å². The fraction of sp³-hybridized carbons (Fsp3) is 0.769. The lowest BCUT2D eigenvalue weighted by molar-refractivity contribution is -0.127. The van der Waals surface area contributed by atoms with Crippen molar-refractivity contribution in [2.45, 2.75) is 39.0 Å². The van der Waals surface area contributed by atoms with Crippen molar-refractivity contribution in [3.05, 3.63) is 11.7 Å². The van der Waals surface area contributed by atoms with Gasteiger partial charge in [0.15, 0.2) is 5.82 Å². The average molecular weight is 266 g/mol. The van der Waals surface area contributed by atoms with Crippen LogP contribution >= 0.6 is 0 Å². The second-order valence-electron chi connectivity index (χ2n) is 5.16. The lowest BCUT2D eigenvalue weighted by atomic mass is 9.79. The number of nitrogens with one attached hydrogen (secondary N) is 1. The summed E-state index contributed by atoms with van der Waals surface area (Å²) in [4.78, 5) is 16.2. The van der Waals surface area contributed by atoms with E-state index in [1.54, 1.807) is 6.92 Å². The lowest BCUT2D eigenvalue weighted by Gasteiger charge is -2.29. The van der Waals surface area contributed by atoms with Crippen molar-refractivity contribution in [2.75, 3.05) is 13.1 Å². The van der Waals surface area contributed by atoms with Crippen molar-refractivity contribution in [1.82, 2.24) is 15.5 Å². The Hall–Kier alpha value is -1.43. The summed E-state index contributed by atoms with van der Waals surface area (Å²) in [6.45, 7) is 2.91. The highest BCUT2D eigenvalue weighted by Gasteiger charge is 2.29. The van der Waals surface area contributed by atoms with Crippen LogP contribution in [0.3, 0.4) is 0 Å². The van der Waals surface area contributed by atoms with Crippen LogP contribution in [0.1, 0.15) is 37.4 Å². The van der Waals surface area contributed by atoms with Gasteiger partial charge in [0, 0.05) is 18.9 Å². The molecular weight excluding hydrogens is 244 g/mol. The zero-order valence-electron chi connectivity index (χ0n) is 11.4. The molecule has 1 amide bonds. The van der Waals surface area contributed by atoms with Gasteiger partial charge < -0.3 is 15.6 Å². The zero-order valence-corrected chi connectivity index (χ0v) is 11.4. The smallest absolute Gasteiger partial charge is 0.228 e. The van der Waals surface area contributed by atoms with Gasteiger partial charge in [-0.25, -0.2) is 0 Å². The Labute approximate surface area is 113 Å². The van der Waals surface area contributed by atoms with Crippen molar-refractivity contribution in [3.63, 3.8) is 0 Å². The van der Waals surface area contributed by atoms with Crippen molar-refractivity contribution in [1.29, 1.82) is 0 Å². The van der Waals surface area contributed by atoms with Gasteiger partial charge in [0.05, 0.1) is 0 Å². The normalized spacial score (nSPS) is 23.3. The highest BCUT2D eigenvalue weighted by molar-refractivity contribution is 5.79. The standard InChI is InChI=1S/C13H22N4O2/c1-9-16-12(19-17-9)6-7-15-13(18)11-5-3-2-4-10(11)8-14/h10-11H,2-8,14H2,1H3,(H,15,18). The predicted molar refractivity (Wildman–Crippen MR) is 70.3 cm³/mol. The molecule has 0 bridgehead atoms. The molecule has 0 spiro atoms. The van der Waals surface area contributed by atoms with Crippen LogP contribution in [0.15, 0.2) is 4.52 Å². The monoisotopic (exact) mass is 266 g/mol. The Kier molecular flexibility index (Phi) is 4.90. The van der Waals surface area contributed by atoms with Gasteiger partial charge in [0.1, 0.15) is 0 Å². The Morgan fingerprint density at radius 3 is 2.95 bits per heavy atom. The molecule has 1 fully saturated rings. The number of carbonyl (C=O) groups excluding carboxylic acids is 1. The minimum atomic E-state index is 0.0724. The first kappa shape index (κ1) is 14.0. The number of amides is 1. The fourth-order valence-electron chi connectivity index (χ4n) is 2.70. The Morgan fingerprint density at radius 1 is 1.47 bits per heavy atom. The number of nitrogens with two attached hydrogens (primary N) is 1. The number of aryl methyl sites for hydroxylation is 1. The van der Waals surface area contributed by atoms with Crippen LogP contribution in [0.5, 0.6) is 0 Å². The SMILES string of the molecule is Cc1noc(CCNC(=O)C2CCCCC2CN)n1. The molecule has 6 heteroatoms. The quantitative estimate of drug-likeness (QED) is 0.822. The molecule has 106 valence electrons. The Balaban J connectivity index is 1.77. The van der Waals surface area contributed by atoms with Crippen molar-refractivity contribution < 1.29 is 9.32 Å². The molecule has 1 heterocycles. The van der Waals surface area contributed by atoms with Crippen LogP contribution in [0.4, 0.5) is 0 Å². The molecule has 3 N–H and O–H groups in total. The van der Waals surface area contributed by atoms with Gasteiger partial charge in [-0.1, -0.05) is 18.0 Å². The summed E-state index contributed by atoms with van der Waals surface area (Å²) in [5.74, 6) is 1.71. The lowest BCUT2D eigenvalue weighted by Crippen LogP contribution is -2.40. The summed E-state index contributed by atoms with van der Waals surface area (Å²) in [5, 5.41) is 6.67. The van der Waals surface area contributed by atoms with E-state index < -0.39 is 0 Å². The Bertz CT molecular complexity index is 419. The summed E-state index contributed by atoms with van der Waals surface area (Å²) < 4.78 is 5.00. The van der Waals surface area contributed by atoms with E-state index in [2.05, 4.69) is 15.5 Å². The van der Waals surface area contributed by atoms with E-state index in [1.165, 1.54) is 6.42 Å². The van der Waals surface area contributed by atoms with Crippen LogP contribution in [-0.2, 0) is 11.2 Å². The maximum absolute atomic E-state index is 12.1. The molecule has 0 aromatic carbocycles.